The molecule has 0 aliphatic rings. The summed E-state index contributed by atoms with van der Waals surface area (Å²) in [5.74, 6) is 1.60. The molecule has 82 valence electrons. The van der Waals surface area contributed by atoms with Gasteiger partial charge in [0.2, 0.25) is 0 Å². The monoisotopic (exact) mass is 214 g/mol. The summed E-state index contributed by atoms with van der Waals surface area (Å²) in [5.41, 5.74) is 2.98. The Hall–Kier alpha value is -1.90. The third kappa shape index (κ3) is 2.19. The van der Waals surface area contributed by atoms with Crippen LogP contribution in [-0.4, -0.2) is 17.1 Å². The van der Waals surface area contributed by atoms with Gasteiger partial charge in [-0.3, -0.25) is 0 Å². The molecule has 16 heavy (non-hydrogen) atoms. The number of nitrogens with zero attached hydrogens (tertiary/aromatic N) is 2. The molecular weight excluding hydrogens is 200 g/mol. The van der Waals surface area contributed by atoms with E-state index in [1.165, 1.54) is 0 Å². The fourth-order valence-electron chi connectivity index (χ4n) is 1.60. The molecule has 0 atom stereocenters. The molecule has 2 aromatic rings. The van der Waals surface area contributed by atoms with E-state index in [4.69, 9.17) is 4.74 Å². The van der Waals surface area contributed by atoms with Gasteiger partial charge < -0.3 is 4.74 Å². The van der Waals surface area contributed by atoms with Gasteiger partial charge in [-0.2, -0.15) is 0 Å². The molecule has 0 aliphatic heterocycles. The lowest BCUT2D eigenvalue weighted by molar-refractivity contribution is 0.415. The van der Waals surface area contributed by atoms with Gasteiger partial charge in [0, 0.05) is 17.0 Å². The van der Waals surface area contributed by atoms with E-state index >= 15 is 0 Å². The maximum Gasteiger partial charge on any atom is 0.159 e. The summed E-state index contributed by atoms with van der Waals surface area (Å²) >= 11 is 0. The van der Waals surface area contributed by atoms with Crippen molar-refractivity contribution in [3.05, 3.63) is 41.7 Å². The number of hydrogen-bond donors (Lipinski definition) is 0. The molecule has 0 saturated heterocycles. The lowest BCUT2D eigenvalue weighted by Crippen LogP contribution is -1.94. The summed E-state index contributed by atoms with van der Waals surface area (Å²) in [6, 6.07) is 9.72. The lowest BCUT2D eigenvalue weighted by atomic mass is 10.2. The van der Waals surface area contributed by atoms with Crippen LogP contribution in [0.15, 0.2) is 30.3 Å². The minimum atomic E-state index is 0.764. The van der Waals surface area contributed by atoms with Gasteiger partial charge in [-0.25, -0.2) is 9.97 Å². The fraction of sp³-hybridized carbons (Fsp3) is 0.231. The Morgan fingerprint density at radius 2 is 1.50 bits per heavy atom. The zero-order chi connectivity index (χ0) is 11.5. The van der Waals surface area contributed by atoms with Crippen molar-refractivity contribution in [1.82, 2.24) is 9.97 Å². The number of aryl methyl sites for hydroxylation is 2. The smallest absolute Gasteiger partial charge is 0.159 e. The molecule has 0 bridgehead atoms. The average molecular weight is 214 g/mol. The summed E-state index contributed by atoms with van der Waals surface area (Å²) in [6.07, 6.45) is 0. The summed E-state index contributed by atoms with van der Waals surface area (Å²) < 4.78 is 5.11. The van der Waals surface area contributed by atoms with Crippen LogP contribution in [0.4, 0.5) is 0 Å². The van der Waals surface area contributed by atoms with Crippen LogP contribution in [0.25, 0.3) is 11.4 Å². The first-order valence-electron chi connectivity index (χ1n) is 5.16. The van der Waals surface area contributed by atoms with Crippen LogP contribution in [0.3, 0.4) is 0 Å². The Labute approximate surface area is 95.1 Å². The van der Waals surface area contributed by atoms with Crippen molar-refractivity contribution in [2.24, 2.45) is 0 Å². The highest BCUT2D eigenvalue weighted by Crippen LogP contribution is 2.19. The second kappa shape index (κ2) is 4.31. The Bertz CT molecular complexity index is 472. The quantitative estimate of drug-likeness (QED) is 0.771. The van der Waals surface area contributed by atoms with Crippen LogP contribution < -0.4 is 4.74 Å². The van der Waals surface area contributed by atoms with Crippen LogP contribution in [0.1, 0.15) is 11.4 Å². The molecule has 0 spiro atoms. The van der Waals surface area contributed by atoms with Gasteiger partial charge in [0.05, 0.1) is 7.11 Å². The molecule has 0 N–H and O–H groups in total. The van der Waals surface area contributed by atoms with Gasteiger partial charge in [-0.15, -0.1) is 0 Å². The van der Waals surface area contributed by atoms with E-state index in [1.54, 1.807) is 7.11 Å². The van der Waals surface area contributed by atoms with Crippen LogP contribution in [0.5, 0.6) is 5.75 Å². The largest absolute Gasteiger partial charge is 0.497 e. The number of benzene rings is 1. The van der Waals surface area contributed by atoms with Gasteiger partial charge in [0.25, 0.3) is 0 Å². The lowest BCUT2D eigenvalue weighted by Gasteiger charge is -2.04. The second-order valence-electron chi connectivity index (χ2n) is 3.70. The molecular formula is C13H14N2O. The third-order valence-corrected chi connectivity index (χ3v) is 2.33. The van der Waals surface area contributed by atoms with Gasteiger partial charge >= 0.3 is 0 Å². The molecule has 0 fully saturated rings. The first-order valence-corrected chi connectivity index (χ1v) is 5.16. The minimum Gasteiger partial charge on any atom is -0.497 e. The summed E-state index contributed by atoms with van der Waals surface area (Å²) in [6.45, 7) is 3.95. The molecule has 1 heterocycles. The molecule has 2 rings (SSSR count). The van der Waals surface area contributed by atoms with Crippen molar-refractivity contribution in [2.75, 3.05) is 7.11 Å². The molecule has 3 nitrogen and oxygen atoms in total. The summed E-state index contributed by atoms with van der Waals surface area (Å²) in [5, 5.41) is 0. The van der Waals surface area contributed by atoms with Crippen molar-refractivity contribution in [3.63, 3.8) is 0 Å². The first-order chi connectivity index (χ1) is 7.69. The van der Waals surface area contributed by atoms with Crippen molar-refractivity contribution >= 4 is 0 Å². The Morgan fingerprint density at radius 3 is 2.00 bits per heavy atom. The highest BCUT2D eigenvalue weighted by Gasteiger charge is 2.03. The molecule has 1 aromatic heterocycles. The van der Waals surface area contributed by atoms with E-state index in [2.05, 4.69) is 9.97 Å². The number of hydrogen-bond acceptors (Lipinski definition) is 3. The minimum absolute atomic E-state index is 0.764. The molecule has 0 amide bonds. The maximum atomic E-state index is 5.11. The van der Waals surface area contributed by atoms with E-state index in [0.29, 0.717) is 0 Å². The van der Waals surface area contributed by atoms with Crippen molar-refractivity contribution < 1.29 is 4.74 Å². The topological polar surface area (TPSA) is 35.0 Å². The van der Waals surface area contributed by atoms with E-state index in [-0.39, 0.29) is 0 Å². The van der Waals surface area contributed by atoms with Crippen molar-refractivity contribution in [3.8, 4) is 17.1 Å². The Balaban J connectivity index is 2.42. The predicted molar refractivity (Wildman–Crippen MR) is 63.5 cm³/mol. The zero-order valence-corrected chi connectivity index (χ0v) is 9.69. The van der Waals surface area contributed by atoms with Gasteiger partial charge in [-0.1, -0.05) is 0 Å². The van der Waals surface area contributed by atoms with Crippen LogP contribution >= 0.6 is 0 Å². The first kappa shape index (κ1) is 10.6. The molecule has 0 saturated carbocycles. The number of methoxy groups -OCH3 is 1. The molecule has 0 radical (unpaired) electrons. The van der Waals surface area contributed by atoms with Gasteiger partial charge in [-0.05, 0) is 44.2 Å². The van der Waals surface area contributed by atoms with Crippen molar-refractivity contribution in [2.45, 2.75) is 13.8 Å². The van der Waals surface area contributed by atoms with Gasteiger partial charge in [0.15, 0.2) is 5.82 Å². The van der Waals surface area contributed by atoms with Gasteiger partial charge in [0.1, 0.15) is 5.75 Å². The SMILES string of the molecule is COc1ccc(-c2nc(C)cc(C)n2)cc1. The predicted octanol–water partition coefficient (Wildman–Crippen LogP) is 2.77. The van der Waals surface area contributed by atoms with E-state index < -0.39 is 0 Å². The zero-order valence-electron chi connectivity index (χ0n) is 9.69. The summed E-state index contributed by atoms with van der Waals surface area (Å²) in [7, 11) is 1.66. The second-order valence-corrected chi connectivity index (χ2v) is 3.70. The number of aromatic nitrogens is 2. The van der Waals surface area contributed by atoms with Crippen LogP contribution in [0.2, 0.25) is 0 Å². The van der Waals surface area contributed by atoms with E-state index in [1.807, 2.05) is 44.2 Å². The highest BCUT2D eigenvalue weighted by molar-refractivity contribution is 5.56. The molecule has 1 aromatic carbocycles. The molecule has 0 aliphatic carbocycles. The van der Waals surface area contributed by atoms with E-state index in [0.717, 1.165) is 28.5 Å². The average Bonchev–Trinajstić information content (AvgIpc) is 2.28. The van der Waals surface area contributed by atoms with Crippen LogP contribution in [0, 0.1) is 13.8 Å². The Morgan fingerprint density at radius 1 is 0.938 bits per heavy atom. The summed E-state index contributed by atoms with van der Waals surface area (Å²) in [4.78, 5) is 8.82. The normalized spacial score (nSPS) is 10.2. The van der Waals surface area contributed by atoms with Crippen LogP contribution in [-0.2, 0) is 0 Å². The number of rotatable bonds is 2. The number of ether oxygens (including phenoxy) is 1. The fourth-order valence-corrected chi connectivity index (χ4v) is 1.60. The Kier molecular flexibility index (Phi) is 2.86. The standard InChI is InChI=1S/C13H14N2O/c1-9-8-10(2)15-13(14-9)11-4-6-12(16-3)7-5-11/h4-8H,1-3H3. The molecule has 3 heteroatoms. The highest BCUT2D eigenvalue weighted by atomic mass is 16.5. The van der Waals surface area contributed by atoms with Crippen molar-refractivity contribution in [1.29, 1.82) is 0 Å². The maximum absolute atomic E-state index is 5.11. The third-order valence-electron chi connectivity index (χ3n) is 2.33. The van der Waals surface area contributed by atoms with E-state index in [9.17, 15) is 0 Å². The molecule has 0 unspecified atom stereocenters.